The highest BCUT2D eigenvalue weighted by molar-refractivity contribution is 5.92. The van der Waals surface area contributed by atoms with Crippen LogP contribution in [-0.4, -0.2) is 57.9 Å². The first-order valence-electron chi connectivity index (χ1n) is 9.65. The molecule has 2 fully saturated rings. The monoisotopic (exact) mass is 350 g/mol. The van der Waals surface area contributed by atoms with E-state index < -0.39 is 0 Å². The van der Waals surface area contributed by atoms with Crippen LogP contribution in [0.25, 0.3) is 0 Å². The molecule has 2 aliphatic heterocycles. The van der Waals surface area contributed by atoms with E-state index in [0.29, 0.717) is 17.7 Å². The average Bonchev–Trinajstić information content (AvgIpc) is 2.75. The lowest BCUT2D eigenvalue weighted by atomic mass is 9.88. The minimum atomic E-state index is 0.0699. The molecule has 0 radical (unpaired) electrons. The SMILES string of the molecule is O=C(c1ccccn1)N1CCC(N2CCC(c3ccncc3)CC2)CC1. The fourth-order valence-corrected chi connectivity index (χ4v) is 4.32. The molecule has 2 aromatic heterocycles. The lowest BCUT2D eigenvalue weighted by molar-refractivity contribution is 0.0573. The summed E-state index contributed by atoms with van der Waals surface area (Å²) in [6, 6.07) is 10.4. The molecule has 0 atom stereocenters. The van der Waals surface area contributed by atoms with Crippen LogP contribution in [0.4, 0.5) is 0 Å². The van der Waals surface area contributed by atoms with Crippen molar-refractivity contribution in [1.82, 2.24) is 19.8 Å². The second kappa shape index (κ2) is 7.96. The number of carbonyl (C=O) groups is 1. The van der Waals surface area contributed by atoms with Gasteiger partial charge in [0.2, 0.25) is 0 Å². The Kier molecular flexibility index (Phi) is 5.25. The molecule has 5 heteroatoms. The Bertz CT molecular complexity index is 705. The number of hydrogen-bond acceptors (Lipinski definition) is 4. The Hall–Kier alpha value is -2.27. The van der Waals surface area contributed by atoms with Gasteiger partial charge >= 0.3 is 0 Å². The molecule has 4 rings (SSSR count). The zero-order valence-electron chi connectivity index (χ0n) is 15.1. The number of hydrogen-bond donors (Lipinski definition) is 0. The van der Waals surface area contributed by atoms with Crippen LogP contribution in [0, 0.1) is 0 Å². The Morgan fingerprint density at radius 1 is 0.885 bits per heavy atom. The summed E-state index contributed by atoms with van der Waals surface area (Å²) in [7, 11) is 0. The standard InChI is InChI=1S/C21H26N4O/c26-21(20-3-1-2-10-23-20)25-15-8-19(9-16-25)24-13-6-18(7-14-24)17-4-11-22-12-5-17/h1-5,10-12,18-19H,6-9,13-16H2. The van der Waals surface area contributed by atoms with Crippen molar-refractivity contribution in [2.45, 2.75) is 37.6 Å². The van der Waals surface area contributed by atoms with Crippen LogP contribution >= 0.6 is 0 Å². The lowest BCUT2D eigenvalue weighted by Gasteiger charge is -2.41. The van der Waals surface area contributed by atoms with E-state index >= 15 is 0 Å². The number of aromatic nitrogens is 2. The van der Waals surface area contributed by atoms with Crippen molar-refractivity contribution in [2.75, 3.05) is 26.2 Å². The van der Waals surface area contributed by atoms with Gasteiger partial charge < -0.3 is 9.80 Å². The Labute approximate surface area is 155 Å². The van der Waals surface area contributed by atoms with Crippen LogP contribution in [0.3, 0.4) is 0 Å². The molecule has 0 bridgehead atoms. The summed E-state index contributed by atoms with van der Waals surface area (Å²) < 4.78 is 0. The molecule has 0 unspecified atom stereocenters. The summed E-state index contributed by atoms with van der Waals surface area (Å²) in [5.41, 5.74) is 1.99. The van der Waals surface area contributed by atoms with E-state index in [9.17, 15) is 4.79 Å². The number of carbonyl (C=O) groups excluding carboxylic acids is 1. The number of likely N-dealkylation sites (tertiary alicyclic amines) is 2. The molecule has 2 aliphatic rings. The van der Waals surface area contributed by atoms with Crippen molar-refractivity contribution < 1.29 is 4.79 Å². The fraction of sp³-hybridized carbons (Fsp3) is 0.476. The van der Waals surface area contributed by atoms with Crippen molar-refractivity contribution >= 4 is 5.91 Å². The highest BCUT2D eigenvalue weighted by atomic mass is 16.2. The molecule has 0 aliphatic carbocycles. The maximum Gasteiger partial charge on any atom is 0.272 e. The molecule has 26 heavy (non-hydrogen) atoms. The third kappa shape index (κ3) is 3.78. The highest BCUT2D eigenvalue weighted by Gasteiger charge is 2.30. The van der Waals surface area contributed by atoms with Gasteiger partial charge in [0.05, 0.1) is 0 Å². The quantitative estimate of drug-likeness (QED) is 0.854. The van der Waals surface area contributed by atoms with E-state index in [1.165, 1.54) is 18.4 Å². The number of nitrogens with zero attached hydrogens (tertiary/aromatic N) is 4. The maximum atomic E-state index is 12.5. The van der Waals surface area contributed by atoms with Crippen LogP contribution in [0.15, 0.2) is 48.9 Å². The normalized spacial score (nSPS) is 20.2. The first-order valence-corrected chi connectivity index (χ1v) is 9.65. The molecule has 0 spiro atoms. The van der Waals surface area contributed by atoms with Gasteiger partial charge in [0.15, 0.2) is 0 Å². The topological polar surface area (TPSA) is 49.3 Å². The fourth-order valence-electron chi connectivity index (χ4n) is 4.32. The Morgan fingerprint density at radius 2 is 1.62 bits per heavy atom. The van der Waals surface area contributed by atoms with Crippen molar-refractivity contribution in [3.63, 3.8) is 0 Å². The number of piperidine rings is 2. The number of pyridine rings is 2. The second-order valence-electron chi connectivity index (χ2n) is 7.33. The molecule has 136 valence electrons. The van der Waals surface area contributed by atoms with Crippen molar-refractivity contribution in [3.8, 4) is 0 Å². The van der Waals surface area contributed by atoms with Gasteiger partial charge in [0.25, 0.3) is 5.91 Å². The minimum absolute atomic E-state index is 0.0699. The van der Waals surface area contributed by atoms with E-state index in [1.54, 1.807) is 12.3 Å². The Balaban J connectivity index is 1.27. The van der Waals surface area contributed by atoms with Crippen molar-refractivity contribution in [1.29, 1.82) is 0 Å². The van der Waals surface area contributed by atoms with Gasteiger partial charge in [0, 0.05) is 37.7 Å². The van der Waals surface area contributed by atoms with Gasteiger partial charge in [-0.2, -0.15) is 0 Å². The van der Waals surface area contributed by atoms with Crippen LogP contribution in [0.5, 0.6) is 0 Å². The van der Waals surface area contributed by atoms with E-state index in [4.69, 9.17) is 0 Å². The highest BCUT2D eigenvalue weighted by Crippen LogP contribution is 2.30. The minimum Gasteiger partial charge on any atom is -0.337 e. The van der Waals surface area contributed by atoms with Crippen LogP contribution in [0.2, 0.25) is 0 Å². The van der Waals surface area contributed by atoms with Crippen LogP contribution in [0.1, 0.15) is 47.7 Å². The molecule has 0 N–H and O–H groups in total. The third-order valence-electron chi connectivity index (χ3n) is 5.86. The Morgan fingerprint density at radius 3 is 2.27 bits per heavy atom. The maximum absolute atomic E-state index is 12.5. The summed E-state index contributed by atoms with van der Waals surface area (Å²) in [6.07, 6.45) is 10.1. The van der Waals surface area contributed by atoms with Gasteiger partial charge in [-0.05, 0) is 74.5 Å². The summed E-state index contributed by atoms with van der Waals surface area (Å²) in [5, 5.41) is 0. The summed E-state index contributed by atoms with van der Waals surface area (Å²) in [5.74, 6) is 0.737. The molecule has 4 heterocycles. The molecule has 5 nitrogen and oxygen atoms in total. The molecule has 0 saturated carbocycles. The number of amides is 1. The third-order valence-corrected chi connectivity index (χ3v) is 5.86. The van der Waals surface area contributed by atoms with E-state index in [0.717, 1.165) is 39.0 Å². The summed E-state index contributed by atoms with van der Waals surface area (Å²) in [4.78, 5) is 25.4. The predicted molar refractivity (Wildman–Crippen MR) is 101 cm³/mol. The van der Waals surface area contributed by atoms with E-state index in [2.05, 4.69) is 27.0 Å². The van der Waals surface area contributed by atoms with Gasteiger partial charge in [0.1, 0.15) is 5.69 Å². The zero-order valence-corrected chi connectivity index (χ0v) is 15.1. The van der Waals surface area contributed by atoms with E-state index in [-0.39, 0.29) is 5.91 Å². The number of rotatable bonds is 3. The molecular formula is C21H26N4O. The first-order chi connectivity index (χ1) is 12.8. The van der Waals surface area contributed by atoms with Crippen LogP contribution in [-0.2, 0) is 0 Å². The van der Waals surface area contributed by atoms with Gasteiger partial charge in [-0.3, -0.25) is 14.8 Å². The van der Waals surface area contributed by atoms with Crippen molar-refractivity contribution in [2.24, 2.45) is 0 Å². The van der Waals surface area contributed by atoms with Gasteiger partial charge in [-0.1, -0.05) is 6.07 Å². The zero-order chi connectivity index (χ0) is 17.8. The average molecular weight is 350 g/mol. The summed E-state index contributed by atoms with van der Waals surface area (Å²) >= 11 is 0. The predicted octanol–water partition coefficient (Wildman–Crippen LogP) is 2.96. The molecule has 2 aromatic rings. The molecule has 2 saturated heterocycles. The van der Waals surface area contributed by atoms with Gasteiger partial charge in [-0.15, -0.1) is 0 Å². The lowest BCUT2D eigenvalue weighted by Crippen LogP contribution is -2.48. The largest absolute Gasteiger partial charge is 0.337 e. The second-order valence-corrected chi connectivity index (χ2v) is 7.33. The molecule has 0 aromatic carbocycles. The first kappa shape index (κ1) is 17.2. The van der Waals surface area contributed by atoms with E-state index in [1.807, 2.05) is 29.4 Å². The van der Waals surface area contributed by atoms with Gasteiger partial charge in [-0.25, -0.2) is 0 Å². The smallest absolute Gasteiger partial charge is 0.272 e. The molecular weight excluding hydrogens is 324 g/mol. The molecule has 1 amide bonds. The summed E-state index contributed by atoms with van der Waals surface area (Å²) in [6.45, 7) is 3.99. The van der Waals surface area contributed by atoms with Crippen molar-refractivity contribution in [3.05, 3.63) is 60.2 Å². The van der Waals surface area contributed by atoms with Crippen LogP contribution < -0.4 is 0 Å².